The zero-order valence-corrected chi connectivity index (χ0v) is 11.2. The number of nitrogens with zero attached hydrogens (tertiary/aromatic N) is 2. The fourth-order valence-corrected chi connectivity index (χ4v) is 2.53. The molecule has 0 bridgehead atoms. The molecule has 0 saturated carbocycles. The van der Waals surface area contributed by atoms with Crippen molar-refractivity contribution in [3.05, 3.63) is 17.8 Å². The largest absolute Gasteiger partial charge is 0.445 e. The highest BCUT2D eigenvalue weighted by molar-refractivity contribution is 4.92. The van der Waals surface area contributed by atoms with Gasteiger partial charge in [-0.05, 0) is 33.2 Å². The molecule has 4 nitrogen and oxygen atoms in total. The number of aryl methyl sites for hydroxylation is 1. The molecule has 1 N–H and O–H groups in total. The summed E-state index contributed by atoms with van der Waals surface area (Å²) in [5, 5.41) is 3.57. The van der Waals surface area contributed by atoms with Crippen LogP contribution in [0.2, 0.25) is 0 Å². The Morgan fingerprint density at radius 1 is 1.53 bits per heavy atom. The van der Waals surface area contributed by atoms with Gasteiger partial charge < -0.3 is 14.6 Å². The second-order valence-electron chi connectivity index (χ2n) is 5.35. The van der Waals surface area contributed by atoms with Crippen LogP contribution in [-0.4, -0.2) is 35.6 Å². The van der Waals surface area contributed by atoms with E-state index in [1.54, 1.807) is 6.20 Å². The van der Waals surface area contributed by atoms with E-state index in [1.807, 2.05) is 6.92 Å². The van der Waals surface area contributed by atoms with Gasteiger partial charge in [0.2, 0.25) is 5.89 Å². The van der Waals surface area contributed by atoms with Crippen LogP contribution in [-0.2, 0) is 6.54 Å². The van der Waals surface area contributed by atoms with E-state index in [9.17, 15) is 0 Å². The first kappa shape index (κ1) is 12.6. The zero-order chi connectivity index (χ0) is 12.4. The molecule has 1 aliphatic heterocycles. The average Bonchev–Trinajstić information content (AvgIpc) is 2.68. The average molecular weight is 237 g/mol. The van der Waals surface area contributed by atoms with E-state index in [1.165, 1.54) is 6.42 Å². The summed E-state index contributed by atoms with van der Waals surface area (Å²) in [6, 6.07) is 1.21. The first-order chi connectivity index (χ1) is 8.06. The highest BCUT2D eigenvalue weighted by Gasteiger charge is 2.28. The fraction of sp³-hybridized carbons (Fsp3) is 0.769. The van der Waals surface area contributed by atoms with Crippen LogP contribution >= 0.6 is 0 Å². The maximum Gasteiger partial charge on any atom is 0.208 e. The van der Waals surface area contributed by atoms with Crippen LogP contribution < -0.4 is 5.32 Å². The third kappa shape index (κ3) is 3.07. The van der Waals surface area contributed by atoms with Crippen molar-refractivity contribution in [1.29, 1.82) is 0 Å². The van der Waals surface area contributed by atoms with Gasteiger partial charge in [-0.2, -0.15) is 0 Å². The summed E-state index contributed by atoms with van der Waals surface area (Å²) in [7, 11) is 2.20. The van der Waals surface area contributed by atoms with Gasteiger partial charge in [-0.25, -0.2) is 4.98 Å². The van der Waals surface area contributed by atoms with E-state index in [2.05, 4.69) is 36.1 Å². The summed E-state index contributed by atoms with van der Waals surface area (Å²) >= 11 is 0. The maximum atomic E-state index is 5.47. The Morgan fingerprint density at radius 2 is 2.29 bits per heavy atom. The van der Waals surface area contributed by atoms with Crippen LogP contribution in [0, 0.1) is 12.8 Å². The van der Waals surface area contributed by atoms with E-state index in [4.69, 9.17) is 4.42 Å². The van der Waals surface area contributed by atoms with E-state index < -0.39 is 0 Å². The van der Waals surface area contributed by atoms with Gasteiger partial charge in [0, 0.05) is 18.6 Å². The molecule has 3 atom stereocenters. The van der Waals surface area contributed by atoms with Crippen molar-refractivity contribution < 1.29 is 4.42 Å². The van der Waals surface area contributed by atoms with Gasteiger partial charge in [0.15, 0.2) is 0 Å². The molecule has 1 saturated heterocycles. The van der Waals surface area contributed by atoms with E-state index in [-0.39, 0.29) is 0 Å². The summed E-state index contributed by atoms with van der Waals surface area (Å²) in [5.74, 6) is 2.35. The van der Waals surface area contributed by atoms with Gasteiger partial charge in [0.05, 0.1) is 12.7 Å². The van der Waals surface area contributed by atoms with Crippen molar-refractivity contribution in [3.63, 3.8) is 0 Å². The molecule has 0 spiro atoms. The number of oxazole rings is 1. The molecule has 0 amide bonds. The molecule has 1 aliphatic rings. The molecule has 1 aromatic rings. The highest BCUT2D eigenvalue weighted by Crippen LogP contribution is 2.21. The third-order valence-electron chi connectivity index (χ3n) is 3.79. The fourth-order valence-electron chi connectivity index (χ4n) is 2.53. The SMILES string of the molecule is Cc1cnc(CNC2CC(C)N(C)CC2C)o1. The van der Waals surface area contributed by atoms with Crippen molar-refractivity contribution in [2.24, 2.45) is 5.92 Å². The van der Waals surface area contributed by atoms with Gasteiger partial charge in [-0.15, -0.1) is 0 Å². The number of nitrogens with one attached hydrogen (secondary N) is 1. The first-order valence-corrected chi connectivity index (χ1v) is 6.41. The molecule has 2 rings (SSSR count). The Hall–Kier alpha value is -0.870. The summed E-state index contributed by atoms with van der Waals surface area (Å²) in [6.07, 6.45) is 2.97. The van der Waals surface area contributed by atoms with Crippen LogP contribution in [0.5, 0.6) is 0 Å². The molecule has 4 heteroatoms. The topological polar surface area (TPSA) is 41.3 Å². The monoisotopic (exact) mass is 237 g/mol. The molecule has 0 aromatic carbocycles. The third-order valence-corrected chi connectivity index (χ3v) is 3.79. The predicted molar refractivity (Wildman–Crippen MR) is 67.7 cm³/mol. The van der Waals surface area contributed by atoms with Gasteiger partial charge in [-0.3, -0.25) is 0 Å². The zero-order valence-electron chi connectivity index (χ0n) is 11.2. The minimum atomic E-state index is 0.563. The van der Waals surface area contributed by atoms with Crippen LogP contribution in [0.15, 0.2) is 10.6 Å². The lowest BCUT2D eigenvalue weighted by Crippen LogP contribution is -2.50. The summed E-state index contributed by atoms with van der Waals surface area (Å²) in [6.45, 7) is 8.41. The molecular formula is C13H23N3O. The minimum Gasteiger partial charge on any atom is -0.445 e. The van der Waals surface area contributed by atoms with Crippen LogP contribution in [0.4, 0.5) is 0 Å². The Bertz CT molecular complexity index is 363. The van der Waals surface area contributed by atoms with Crippen molar-refractivity contribution in [1.82, 2.24) is 15.2 Å². The van der Waals surface area contributed by atoms with Gasteiger partial charge in [0.1, 0.15) is 5.76 Å². The van der Waals surface area contributed by atoms with Gasteiger partial charge in [-0.1, -0.05) is 6.92 Å². The van der Waals surface area contributed by atoms with Crippen molar-refractivity contribution >= 4 is 0 Å². The Kier molecular flexibility index (Phi) is 3.84. The standard InChI is InChI=1S/C13H23N3O/c1-9-8-16(4)10(2)5-12(9)14-7-13-15-6-11(3)17-13/h6,9-10,12,14H,5,7-8H2,1-4H3. The van der Waals surface area contributed by atoms with Crippen molar-refractivity contribution in [2.75, 3.05) is 13.6 Å². The smallest absolute Gasteiger partial charge is 0.208 e. The highest BCUT2D eigenvalue weighted by atomic mass is 16.4. The van der Waals surface area contributed by atoms with Crippen molar-refractivity contribution in [3.8, 4) is 0 Å². The maximum absolute atomic E-state index is 5.47. The van der Waals surface area contributed by atoms with Crippen molar-refractivity contribution in [2.45, 2.75) is 45.8 Å². The molecule has 17 heavy (non-hydrogen) atoms. The Morgan fingerprint density at radius 3 is 2.94 bits per heavy atom. The number of rotatable bonds is 3. The lowest BCUT2D eigenvalue weighted by molar-refractivity contribution is 0.119. The van der Waals surface area contributed by atoms with Crippen LogP contribution in [0.1, 0.15) is 31.9 Å². The van der Waals surface area contributed by atoms with Crippen LogP contribution in [0.3, 0.4) is 0 Å². The molecule has 3 unspecified atom stereocenters. The minimum absolute atomic E-state index is 0.563. The van der Waals surface area contributed by atoms with Gasteiger partial charge >= 0.3 is 0 Å². The summed E-state index contributed by atoms with van der Waals surface area (Å²) in [4.78, 5) is 6.65. The number of hydrogen-bond donors (Lipinski definition) is 1. The second kappa shape index (κ2) is 5.19. The normalized spacial score (nSPS) is 30.7. The Labute approximate surface area is 103 Å². The number of piperidine rings is 1. The van der Waals surface area contributed by atoms with Crippen LogP contribution in [0.25, 0.3) is 0 Å². The number of aromatic nitrogens is 1. The van der Waals surface area contributed by atoms with Gasteiger partial charge in [0.25, 0.3) is 0 Å². The Balaban J connectivity index is 1.86. The molecular weight excluding hydrogens is 214 g/mol. The van der Waals surface area contributed by atoms with E-state index in [0.717, 1.165) is 24.7 Å². The molecule has 2 heterocycles. The summed E-state index contributed by atoms with van der Waals surface area (Å²) < 4.78 is 5.47. The predicted octanol–water partition coefficient (Wildman–Crippen LogP) is 1.80. The molecule has 0 radical (unpaired) electrons. The lowest BCUT2D eigenvalue weighted by atomic mass is 9.90. The molecule has 96 valence electrons. The van der Waals surface area contributed by atoms with E-state index in [0.29, 0.717) is 18.0 Å². The quantitative estimate of drug-likeness (QED) is 0.870. The molecule has 0 aliphatic carbocycles. The molecule has 1 aromatic heterocycles. The number of hydrogen-bond acceptors (Lipinski definition) is 4. The van der Waals surface area contributed by atoms with E-state index >= 15 is 0 Å². The first-order valence-electron chi connectivity index (χ1n) is 6.41. The summed E-state index contributed by atoms with van der Waals surface area (Å²) in [5.41, 5.74) is 0. The number of likely N-dealkylation sites (tertiary alicyclic amines) is 1. The molecule has 1 fully saturated rings. The lowest BCUT2D eigenvalue weighted by Gasteiger charge is -2.39. The second-order valence-corrected chi connectivity index (χ2v) is 5.35.